The molecule has 0 aliphatic rings. The summed E-state index contributed by atoms with van der Waals surface area (Å²) in [6.07, 6.45) is 4.86. The van der Waals surface area contributed by atoms with E-state index in [-0.39, 0.29) is 5.92 Å². The van der Waals surface area contributed by atoms with Crippen molar-refractivity contribution in [2.45, 2.75) is 64.1 Å². The Kier molecular flexibility index (Phi) is 13.1. The normalized spacial score (nSPS) is 15.6. The lowest BCUT2D eigenvalue weighted by Crippen LogP contribution is -2.56. The third kappa shape index (κ3) is 9.40. The van der Waals surface area contributed by atoms with Gasteiger partial charge in [0.05, 0.1) is 6.04 Å². The number of hydrogen-bond donors (Lipinski definition) is 5. The van der Waals surface area contributed by atoms with Gasteiger partial charge in [-0.15, -0.1) is 0 Å². The Morgan fingerprint density at radius 1 is 1.12 bits per heavy atom. The number of carboxylic acid groups (broad SMARTS) is 1. The minimum Gasteiger partial charge on any atom is -0.480 e. The SMILES string of the molecule is CCC(C)C(NC(=O)C(N)CCCCN)C(=O)NC(CCSC)C(=O)O. The Hall–Kier alpha value is -1.32. The highest BCUT2D eigenvalue weighted by Gasteiger charge is 2.30. The number of rotatable bonds is 14. The molecule has 2 amide bonds. The van der Waals surface area contributed by atoms with Crippen LogP contribution in [-0.4, -0.2) is 59.6 Å². The molecule has 0 saturated heterocycles. The molecule has 4 atom stereocenters. The van der Waals surface area contributed by atoms with Crippen LogP contribution in [-0.2, 0) is 14.4 Å². The van der Waals surface area contributed by atoms with Gasteiger partial charge in [0.25, 0.3) is 0 Å². The first kappa shape index (κ1) is 24.7. The molecule has 0 saturated carbocycles. The summed E-state index contributed by atoms with van der Waals surface area (Å²) in [7, 11) is 0. The van der Waals surface area contributed by atoms with Gasteiger partial charge in [-0.1, -0.05) is 26.7 Å². The average molecular weight is 391 g/mol. The Labute approximate surface area is 160 Å². The van der Waals surface area contributed by atoms with Crippen molar-refractivity contribution < 1.29 is 19.5 Å². The molecule has 7 N–H and O–H groups in total. The molecule has 0 aromatic rings. The van der Waals surface area contributed by atoms with Gasteiger partial charge < -0.3 is 27.2 Å². The first-order valence-corrected chi connectivity index (χ1v) is 10.5. The van der Waals surface area contributed by atoms with Crippen LogP contribution in [0.25, 0.3) is 0 Å². The van der Waals surface area contributed by atoms with Crippen molar-refractivity contribution in [3.63, 3.8) is 0 Å². The second-order valence-electron chi connectivity index (χ2n) is 6.44. The highest BCUT2D eigenvalue weighted by Crippen LogP contribution is 2.10. The van der Waals surface area contributed by atoms with E-state index in [1.807, 2.05) is 20.1 Å². The van der Waals surface area contributed by atoms with Crippen molar-refractivity contribution in [3.05, 3.63) is 0 Å². The molecule has 4 unspecified atom stereocenters. The van der Waals surface area contributed by atoms with Gasteiger partial charge in [0, 0.05) is 0 Å². The number of thioether (sulfide) groups is 1. The van der Waals surface area contributed by atoms with Crippen LogP contribution < -0.4 is 22.1 Å². The highest BCUT2D eigenvalue weighted by molar-refractivity contribution is 7.98. The minimum atomic E-state index is -1.08. The van der Waals surface area contributed by atoms with Crippen LogP contribution in [0, 0.1) is 5.92 Å². The standard InChI is InChI=1S/C17H34N4O4S/c1-4-11(2)14(21-15(22)12(19)7-5-6-9-18)16(23)20-13(17(24)25)8-10-26-3/h11-14H,4-10,18-19H2,1-3H3,(H,20,23)(H,21,22)(H,24,25). The summed E-state index contributed by atoms with van der Waals surface area (Å²) < 4.78 is 0. The fourth-order valence-electron chi connectivity index (χ4n) is 2.36. The summed E-state index contributed by atoms with van der Waals surface area (Å²) in [6, 6.07) is -2.51. The maximum absolute atomic E-state index is 12.6. The van der Waals surface area contributed by atoms with E-state index >= 15 is 0 Å². The number of unbranched alkanes of at least 4 members (excludes halogenated alkanes) is 1. The van der Waals surface area contributed by atoms with Crippen molar-refractivity contribution in [2.24, 2.45) is 17.4 Å². The zero-order valence-corrected chi connectivity index (χ0v) is 16.8. The van der Waals surface area contributed by atoms with Gasteiger partial charge in [0.15, 0.2) is 0 Å². The molecule has 0 aromatic carbocycles. The fraction of sp³-hybridized carbons (Fsp3) is 0.824. The monoisotopic (exact) mass is 390 g/mol. The largest absolute Gasteiger partial charge is 0.480 e. The second kappa shape index (κ2) is 13.8. The van der Waals surface area contributed by atoms with Gasteiger partial charge in [0.2, 0.25) is 11.8 Å². The number of aliphatic carboxylic acids is 1. The van der Waals surface area contributed by atoms with E-state index in [0.717, 1.165) is 12.8 Å². The lowest BCUT2D eigenvalue weighted by Gasteiger charge is -2.26. The lowest BCUT2D eigenvalue weighted by molar-refractivity contribution is -0.142. The molecule has 0 aromatic heterocycles. The second-order valence-corrected chi connectivity index (χ2v) is 7.43. The molecular formula is C17H34N4O4S. The van der Waals surface area contributed by atoms with Crippen LogP contribution >= 0.6 is 11.8 Å². The lowest BCUT2D eigenvalue weighted by atomic mass is 9.97. The Bertz CT molecular complexity index is 450. The van der Waals surface area contributed by atoms with Crippen LogP contribution in [0.3, 0.4) is 0 Å². The molecular weight excluding hydrogens is 356 g/mol. The number of carbonyl (C=O) groups excluding carboxylic acids is 2. The molecule has 0 aliphatic carbocycles. The summed E-state index contributed by atoms with van der Waals surface area (Å²) in [4.78, 5) is 36.2. The highest BCUT2D eigenvalue weighted by atomic mass is 32.2. The number of hydrogen-bond acceptors (Lipinski definition) is 6. The van der Waals surface area contributed by atoms with E-state index in [0.29, 0.717) is 31.6 Å². The summed E-state index contributed by atoms with van der Waals surface area (Å²) in [5, 5.41) is 14.5. The van der Waals surface area contributed by atoms with E-state index in [1.165, 1.54) is 11.8 Å². The van der Waals surface area contributed by atoms with E-state index in [4.69, 9.17) is 11.5 Å². The average Bonchev–Trinajstić information content (AvgIpc) is 2.61. The molecule has 0 rings (SSSR count). The van der Waals surface area contributed by atoms with E-state index in [1.54, 1.807) is 0 Å². The first-order valence-electron chi connectivity index (χ1n) is 9.06. The molecule has 152 valence electrons. The molecule has 9 heteroatoms. The number of nitrogens with two attached hydrogens (primary N) is 2. The zero-order valence-electron chi connectivity index (χ0n) is 16.0. The van der Waals surface area contributed by atoms with Crippen molar-refractivity contribution in [1.29, 1.82) is 0 Å². The Morgan fingerprint density at radius 3 is 2.27 bits per heavy atom. The van der Waals surface area contributed by atoms with Crippen molar-refractivity contribution in [3.8, 4) is 0 Å². The van der Waals surface area contributed by atoms with Gasteiger partial charge in [-0.2, -0.15) is 11.8 Å². The van der Waals surface area contributed by atoms with E-state index in [9.17, 15) is 19.5 Å². The van der Waals surface area contributed by atoms with Crippen LogP contribution in [0.5, 0.6) is 0 Å². The van der Waals surface area contributed by atoms with Crippen molar-refractivity contribution >= 4 is 29.5 Å². The molecule has 0 radical (unpaired) electrons. The predicted molar refractivity (Wildman–Crippen MR) is 105 cm³/mol. The van der Waals surface area contributed by atoms with E-state index < -0.39 is 35.9 Å². The molecule has 0 heterocycles. The molecule has 26 heavy (non-hydrogen) atoms. The van der Waals surface area contributed by atoms with Crippen LogP contribution in [0.4, 0.5) is 0 Å². The molecule has 0 fully saturated rings. The zero-order chi connectivity index (χ0) is 20.1. The molecule has 0 spiro atoms. The van der Waals surface area contributed by atoms with Gasteiger partial charge in [0.1, 0.15) is 12.1 Å². The van der Waals surface area contributed by atoms with Crippen LogP contribution in [0.15, 0.2) is 0 Å². The maximum atomic E-state index is 12.6. The van der Waals surface area contributed by atoms with Gasteiger partial charge in [-0.05, 0) is 43.7 Å². The summed E-state index contributed by atoms with van der Waals surface area (Å²) in [5.41, 5.74) is 11.3. The molecule has 8 nitrogen and oxygen atoms in total. The first-order chi connectivity index (χ1) is 12.3. The molecule has 0 bridgehead atoms. The number of carboxylic acids is 1. The third-order valence-corrected chi connectivity index (χ3v) is 4.97. The predicted octanol–water partition coefficient (Wildman–Crippen LogP) is 0.296. The quantitative estimate of drug-likeness (QED) is 0.268. The Balaban J connectivity index is 4.92. The van der Waals surface area contributed by atoms with Gasteiger partial charge in [-0.3, -0.25) is 9.59 Å². The fourth-order valence-corrected chi connectivity index (χ4v) is 2.83. The summed E-state index contributed by atoms with van der Waals surface area (Å²) >= 11 is 1.51. The number of amides is 2. The Morgan fingerprint density at radius 2 is 1.77 bits per heavy atom. The van der Waals surface area contributed by atoms with E-state index in [2.05, 4.69) is 10.6 Å². The summed E-state index contributed by atoms with van der Waals surface area (Å²) in [6.45, 7) is 4.28. The third-order valence-electron chi connectivity index (χ3n) is 4.32. The number of carbonyl (C=O) groups is 3. The van der Waals surface area contributed by atoms with Crippen molar-refractivity contribution in [2.75, 3.05) is 18.6 Å². The summed E-state index contributed by atoms with van der Waals surface area (Å²) in [5.74, 6) is -1.51. The van der Waals surface area contributed by atoms with Gasteiger partial charge in [-0.25, -0.2) is 4.79 Å². The minimum absolute atomic E-state index is 0.148. The van der Waals surface area contributed by atoms with Crippen LogP contribution in [0.2, 0.25) is 0 Å². The van der Waals surface area contributed by atoms with Crippen LogP contribution in [0.1, 0.15) is 46.0 Å². The van der Waals surface area contributed by atoms with Crippen molar-refractivity contribution in [1.82, 2.24) is 10.6 Å². The topological polar surface area (TPSA) is 148 Å². The maximum Gasteiger partial charge on any atom is 0.326 e. The van der Waals surface area contributed by atoms with Gasteiger partial charge >= 0.3 is 5.97 Å². The number of nitrogens with one attached hydrogen (secondary N) is 2. The molecule has 0 aliphatic heterocycles. The smallest absolute Gasteiger partial charge is 0.326 e.